The van der Waals surface area contributed by atoms with E-state index in [4.69, 9.17) is 0 Å². The van der Waals surface area contributed by atoms with E-state index in [0.29, 0.717) is 5.82 Å². The third-order valence-corrected chi connectivity index (χ3v) is 3.35. The maximum atomic E-state index is 4.63. The molecule has 108 valence electrons. The first-order valence-electron chi connectivity index (χ1n) is 7.03. The van der Waals surface area contributed by atoms with E-state index >= 15 is 0 Å². The summed E-state index contributed by atoms with van der Waals surface area (Å²) >= 11 is 0. The van der Waals surface area contributed by atoms with Gasteiger partial charge >= 0.3 is 0 Å². The summed E-state index contributed by atoms with van der Waals surface area (Å²) in [5, 5.41) is 0.998. The second-order valence-corrected chi connectivity index (χ2v) is 4.75. The van der Waals surface area contributed by atoms with Gasteiger partial charge in [0.25, 0.3) is 0 Å². The van der Waals surface area contributed by atoms with Crippen LogP contribution in [0.1, 0.15) is 12.7 Å². The van der Waals surface area contributed by atoms with Gasteiger partial charge in [0.2, 0.25) is 0 Å². The van der Waals surface area contributed by atoms with Crippen molar-refractivity contribution in [2.24, 2.45) is 0 Å². The minimum absolute atomic E-state index is 0.712. The van der Waals surface area contributed by atoms with Crippen molar-refractivity contribution in [2.75, 3.05) is 0 Å². The van der Waals surface area contributed by atoms with Crippen LogP contribution in [0.25, 0.3) is 22.2 Å². The van der Waals surface area contributed by atoms with Gasteiger partial charge in [-0.2, -0.15) is 0 Å². The molecule has 0 unspecified atom stereocenters. The molecule has 0 amide bonds. The fraction of sp³-hybridized carbons (Fsp3) is 0.0556. The zero-order valence-corrected chi connectivity index (χ0v) is 12.3. The summed E-state index contributed by atoms with van der Waals surface area (Å²) in [6, 6.07) is 6.08. The first kappa shape index (κ1) is 13.9. The molecule has 0 aliphatic carbocycles. The lowest BCUT2D eigenvalue weighted by Crippen LogP contribution is -1.95. The zero-order chi connectivity index (χ0) is 15.4. The third kappa shape index (κ3) is 2.72. The maximum Gasteiger partial charge on any atom is 0.159 e. The molecule has 0 aliphatic heterocycles. The Bertz CT molecular complexity index is 858. The van der Waals surface area contributed by atoms with Crippen LogP contribution in [-0.4, -0.2) is 19.5 Å². The molecule has 0 radical (unpaired) electrons. The summed E-state index contributed by atoms with van der Waals surface area (Å²) in [5.41, 5.74) is 2.93. The lowest BCUT2D eigenvalue weighted by atomic mass is 10.2. The van der Waals surface area contributed by atoms with E-state index in [2.05, 4.69) is 27.6 Å². The van der Waals surface area contributed by atoms with Crippen LogP contribution in [0, 0.1) is 0 Å². The van der Waals surface area contributed by atoms with Crippen molar-refractivity contribution < 1.29 is 0 Å². The second kappa shape index (κ2) is 6.18. The van der Waals surface area contributed by atoms with Gasteiger partial charge in [-0.1, -0.05) is 30.9 Å². The van der Waals surface area contributed by atoms with E-state index in [1.165, 1.54) is 0 Å². The molecule has 4 nitrogen and oxygen atoms in total. The normalized spacial score (nSPS) is 12.1. The Kier molecular flexibility index (Phi) is 3.92. The molecule has 1 aromatic carbocycles. The van der Waals surface area contributed by atoms with Crippen LogP contribution in [0.15, 0.2) is 74.0 Å². The molecule has 2 heterocycles. The minimum Gasteiger partial charge on any atom is -0.306 e. The number of fused-ring (bicyclic) bond motifs is 1. The zero-order valence-electron chi connectivity index (χ0n) is 12.3. The smallest absolute Gasteiger partial charge is 0.159 e. The molecular formula is C18H16N4. The number of hydrogen-bond acceptors (Lipinski definition) is 3. The second-order valence-electron chi connectivity index (χ2n) is 4.75. The monoisotopic (exact) mass is 288 g/mol. The fourth-order valence-electron chi connectivity index (χ4n) is 2.20. The van der Waals surface area contributed by atoms with E-state index in [1.807, 2.05) is 54.2 Å². The van der Waals surface area contributed by atoms with Crippen molar-refractivity contribution in [3.05, 3.63) is 79.8 Å². The fourth-order valence-corrected chi connectivity index (χ4v) is 2.20. The van der Waals surface area contributed by atoms with Crippen molar-refractivity contribution in [1.82, 2.24) is 19.5 Å². The molecule has 0 atom stereocenters. The lowest BCUT2D eigenvalue weighted by molar-refractivity contribution is 1.06. The molecule has 0 saturated heterocycles. The largest absolute Gasteiger partial charge is 0.306 e. The van der Waals surface area contributed by atoms with Gasteiger partial charge in [-0.25, -0.2) is 15.0 Å². The molecule has 2 aromatic heterocycles. The Morgan fingerprint density at radius 2 is 2.23 bits per heavy atom. The highest BCUT2D eigenvalue weighted by Gasteiger charge is 2.04. The minimum atomic E-state index is 0.712. The first-order valence-corrected chi connectivity index (χ1v) is 7.03. The molecule has 0 spiro atoms. The predicted molar refractivity (Wildman–Crippen MR) is 89.6 cm³/mol. The number of imidazole rings is 1. The predicted octanol–water partition coefficient (Wildman–Crippen LogP) is 3.96. The molecule has 22 heavy (non-hydrogen) atoms. The van der Waals surface area contributed by atoms with Crippen LogP contribution >= 0.6 is 0 Å². The molecule has 3 aromatic rings. The van der Waals surface area contributed by atoms with Crippen molar-refractivity contribution in [3.63, 3.8) is 0 Å². The molecule has 4 heteroatoms. The Morgan fingerprint density at radius 3 is 2.95 bits per heavy atom. The highest BCUT2D eigenvalue weighted by Crippen LogP contribution is 2.19. The molecular weight excluding hydrogens is 272 g/mol. The van der Waals surface area contributed by atoms with Crippen LogP contribution in [0.4, 0.5) is 0 Å². The van der Waals surface area contributed by atoms with Crippen molar-refractivity contribution in [1.29, 1.82) is 0 Å². The summed E-state index contributed by atoms with van der Waals surface area (Å²) < 4.78 is 1.96. The number of allylic oxidation sites excluding steroid dienone is 5. The molecule has 0 fully saturated rings. The average Bonchev–Trinajstić information content (AvgIpc) is 3.09. The van der Waals surface area contributed by atoms with Crippen molar-refractivity contribution in [2.45, 2.75) is 6.92 Å². The Balaban J connectivity index is 2.03. The summed E-state index contributed by atoms with van der Waals surface area (Å²) in [7, 11) is 0. The van der Waals surface area contributed by atoms with Crippen LogP contribution < -0.4 is 0 Å². The Hall–Kier alpha value is -3.01. The van der Waals surface area contributed by atoms with Gasteiger partial charge in [-0.15, -0.1) is 0 Å². The van der Waals surface area contributed by atoms with Crippen LogP contribution in [-0.2, 0) is 0 Å². The Morgan fingerprint density at radius 1 is 1.32 bits per heavy atom. The van der Waals surface area contributed by atoms with Gasteiger partial charge in [0.1, 0.15) is 0 Å². The van der Waals surface area contributed by atoms with Crippen LogP contribution in [0.5, 0.6) is 0 Å². The van der Waals surface area contributed by atoms with Gasteiger partial charge in [-0.3, -0.25) is 0 Å². The summed E-state index contributed by atoms with van der Waals surface area (Å²) in [4.78, 5) is 13.2. The molecule has 3 rings (SSSR count). The molecule has 0 saturated carbocycles. The van der Waals surface area contributed by atoms with Gasteiger partial charge < -0.3 is 4.57 Å². The topological polar surface area (TPSA) is 43.6 Å². The van der Waals surface area contributed by atoms with Crippen molar-refractivity contribution in [3.8, 4) is 5.69 Å². The highest BCUT2D eigenvalue weighted by atomic mass is 15.0. The standard InChI is InChI=1S/C18H16N4/c1-3-5-6-14(4-2)18-20-12-15-11-16(7-8-17(15)21-18)22-10-9-19-13-22/h3-13H,1H2,2H3/b6-5-,14-4+. The number of rotatable bonds is 4. The summed E-state index contributed by atoms with van der Waals surface area (Å²) in [6.07, 6.45) is 14.8. The average molecular weight is 288 g/mol. The van der Waals surface area contributed by atoms with Gasteiger partial charge in [0.15, 0.2) is 5.82 Å². The van der Waals surface area contributed by atoms with Crippen LogP contribution in [0.2, 0.25) is 0 Å². The lowest BCUT2D eigenvalue weighted by Gasteiger charge is -2.06. The van der Waals surface area contributed by atoms with Gasteiger partial charge in [-0.05, 0) is 25.1 Å². The maximum absolute atomic E-state index is 4.63. The van der Waals surface area contributed by atoms with Gasteiger partial charge in [0.05, 0.1) is 11.8 Å². The third-order valence-electron chi connectivity index (χ3n) is 3.35. The van der Waals surface area contributed by atoms with E-state index in [1.54, 1.807) is 18.6 Å². The van der Waals surface area contributed by atoms with E-state index in [9.17, 15) is 0 Å². The van der Waals surface area contributed by atoms with Gasteiger partial charge in [0, 0.05) is 35.2 Å². The Labute approximate surface area is 129 Å². The number of nitrogens with zero attached hydrogens (tertiary/aromatic N) is 4. The summed E-state index contributed by atoms with van der Waals surface area (Å²) in [6.45, 7) is 5.65. The van der Waals surface area contributed by atoms with Crippen LogP contribution in [0.3, 0.4) is 0 Å². The number of aromatic nitrogens is 4. The molecule has 0 bridgehead atoms. The SMILES string of the molecule is C=C/C=C\C(=C/C)c1ncc2cc(-n3ccnc3)ccc2n1. The number of benzene rings is 1. The summed E-state index contributed by atoms with van der Waals surface area (Å²) in [5.74, 6) is 0.712. The van der Waals surface area contributed by atoms with E-state index < -0.39 is 0 Å². The molecule has 0 N–H and O–H groups in total. The molecule has 0 aliphatic rings. The first-order chi connectivity index (χ1) is 10.8. The number of hydrogen-bond donors (Lipinski definition) is 0. The van der Waals surface area contributed by atoms with Crippen molar-refractivity contribution >= 4 is 16.5 Å². The quantitative estimate of drug-likeness (QED) is 0.682. The van der Waals surface area contributed by atoms with E-state index in [0.717, 1.165) is 22.2 Å². The highest BCUT2D eigenvalue weighted by molar-refractivity contribution is 5.82. The van der Waals surface area contributed by atoms with E-state index in [-0.39, 0.29) is 0 Å².